The van der Waals surface area contributed by atoms with Crippen LogP contribution in [0.4, 0.5) is 0 Å². The smallest absolute Gasteiger partial charge is 0.223 e. The first-order valence-corrected chi connectivity index (χ1v) is 9.90. The summed E-state index contributed by atoms with van der Waals surface area (Å²) in [6.07, 6.45) is 3.09. The Morgan fingerprint density at radius 3 is 2.89 bits per heavy atom. The van der Waals surface area contributed by atoms with Crippen molar-refractivity contribution in [2.45, 2.75) is 31.7 Å². The molecule has 28 heavy (non-hydrogen) atoms. The van der Waals surface area contributed by atoms with Crippen LogP contribution in [0.1, 0.15) is 36.7 Å². The van der Waals surface area contributed by atoms with E-state index in [1.807, 2.05) is 41.3 Å². The molecule has 2 aromatic carbocycles. The number of imidazole rings is 1. The van der Waals surface area contributed by atoms with Gasteiger partial charge in [-0.05, 0) is 42.7 Å². The van der Waals surface area contributed by atoms with Gasteiger partial charge in [0.25, 0.3) is 0 Å². The first-order chi connectivity index (χ1) is 13.8. The molecule has 1 saturated heterocycles. The van der Waals surface area contributed by atoms with E-state index in [9.17, 15) is 4.79 Å². The quantitative estimate of drug-likeness (QED) is 0.754. The number of aryl methyl sites for hydroxylation is 1. The summed E-state index contributed by atoms with van der Waals surface area (Å²) < 4.78 is 11.3. The van der Waals surface area contributed by atoms with Crippen molar-refractivity contribution in [3.63, 3.8) is 0 Å². The summed E-state index contributed by atoms with van der Waals surface area (Å²) in [6.45, 7) is 1.96. The van der Waals surface area contributed by atoms with Gasteiger partial charge in [0.1, 0.15) is 19.0 Å². The fourth-order valence-corrected chi connectivity index (χ4v) is 4.17. The minimum atomic E-state index is 0.110. The van der Waals surface area contributed by atoms with Crippen molar-refractivity contribution in [1.82, 2.24) is 14.9 Å². The highest BCUT2D eigenvalue weighted by atomic mass is 16.6. The average molecular weight is 377 g/mol. The monoisotopic (exact) mass is 377 g/mol. The number of nitrogens with zero attached hydrogens (tertiary/aromatic N) is 2. The summed E-state index contributed by atoms with van der Waals surface area (Å²) in [5.41, 5.74) is 3.08. The van der Waals surface area contributed by atoms with Crippen LogP contribution >= 0.6 is 0 Å². The number of ether oxygens (including phenoxy) is 2. The van der Waals surface area contributed by atoms with Crippen molar-refractivity contribution in [3.8, 4) is 11.5 Å². The number of para-hydroxylation sites is 2. The fourth-order valence-electron chi connectivity index (χ4n) is 4.17. The molecule has 3 aromatic rings. The molecular formula is C22H23N3O3. The summed E-state index contributed by atoms with van der Waals surface area (Å²) in [4.78, 5) is 22.8. The highest BCUT2D eigenvalue weighted by molar-refractivity contribution is 5.78. The first-order valence-electron chi connectivity index (χ1n) is 9.90. The largest absolute Gasteiger partial charge is 0.486 e. The molecule has 1 unspecified atom stereocenters. The molecule has 3 heterocycles. The number of fused-ring (bicyclic) bond motifs is 2. The molecule has 0 bridgehead atoms. The van der Waals surface area contributed by atoms with Crippen molar-refractivity contribution in [3.05, 3.63) is 53.9 Å². The molecule has 1 atom stereocenters. The van der Waals surface area contributed by atoms with E-state index in [1.54, 1.807) is 0 Å². The van der Waals surface area contributed by atoms with Crippen LogP contribution in [0.15, 0.2) is 42.5 Å². The van der Waals surface area contributed by atoms with E-state index in [1.165, 1.54) is 0 Å². The fraction of sp³-hybridized carbons (Fsp3) is 0.364. The number of hydrogen-bond donors (Lipinski definition) is 1. The second-order valence-corrected chi connectivity index (χ2v) is 7.35. The standard InChI is InChI=1S/C22H23N3O3/c26-22(10-9-21-23-16-4-1-2-5-17(16)24-21)25-11-3-6-18(25)15-7-8-19-20(14-15)28-13-12-27-19/h1-2,4-5,7-8,14,18H,3,6,9-13H2,(H,23,24). The zero-order valence-electron chi connectivity index (χ0n) is 15.7. The van der Waals surface area contributed by atoms with Gasteiger partial charge < -0.3 is 19.4 Å². The molecule has 1 amide bonds. The zero-order valence-corrected chi connectivity index (χ0v) is 15.7. The summed E-state index contributed by atoms with van der Waals surface area (Å²) in [5, 5.41) is 0. The molecule has 0 aliphatic carbocycles. The van der Waals surface area contributed by atoms with Gasteiger partial charge in [0.2, 0.25) is 5.91 Å². The van der Waals surface area contributed by atoms with Crippen molar-refractivity contribution >= 4 is 16.9 Å². The lowest BCUT2D eigenvalue weighted by Gasteiger charge is -2.26. The molecule has 5 rings (SSSR count). The van der Waals surface area contributed by atoms with Crippen LogP contribution in [0, 0.1) is 0 Å². The van der Waals surface area contributed by atoms with Crippen molar-refractivity contribution in [2.24, 2.45) is 0 Å². The predicted octanol–water partition coefficient (Wildman–Crippen LogP) is 3.63. The zero-order chi connectivity index (χ0) is 18.9. The molecule has 2 aliphatic heterocycles. The topological polar surface area (TPSA) is 67.5 Å². The van der Waals surface area contributed by atoms with Gasteiger partial charge in [0, 0.05) is 19.4 Å². The maximum absolute atomic E-state index is 12.9. The lowest BCUT2D eigenvalue weighted by molar-refractivity contribution is -0.132. The van der Waals surface area contributed by atoms with Crippen LogP contribution < -0.4 is 9.47 Å². The Balaban J connectivity index is 1.28. The Bertz CT molecular complexity index is 980. The van der Waals surface area contributed by atoms with Crippen LogP contribution in [0.25, 0.3) is 11.0 Å². The van der Waals surface area contributed by atoms with Crippen LogP contribution in [-0.4, -0.2) is 40.5 Å². The highest BCUT2D eigenvalue weighted by Crippen LogP contribution is 2.38. The number of benzene rings is 2. The number of carbonyl (C=O) groups excluding carboxylic acids is 1. The minimum absolute atomic E-state index is 0.110. The van der Waals surface area contributed by atoms with Crippen LogP contribution in [0.3, 0.4) is 0 Å². The van der Waals surface area contributed by atoms with Crippen LogP contribution in [0.5, 0.6) is 11.5 Å². The molecule has 1 N–H and O–H groups in total. The van der Waals surface area contributed by atoms with E-state index in [-0.39, 0.29) is 11.9 Å². The Kier molecular flexibility index (Phi) is 4.39. The normalized spacial score (nSPS) is 18.6. The number of rotatable bonds is 4. The Hall–Kier alpha value is -3.02. The van der Waals surface area contributed by atoms with Crippen molar-refractivity contribution in [2.75, 3.05) is 19.8 Å². The summed E-state index contributed by atoms with van der Waals surface area (Å²) in [5.74, 6) is 2.61. The predicted molar refractivity (Wildman–Crippen MR) is 106 cm³/mol. The third kappa shape index (κ3) is 3.19. The van der Waals surface area contributed by atoms with Crippen molar-refractivity contribution < 1.29 is 14.3 Å². The van der Waals surface area contributed by atoms with Gasteiger partial charge in [-0.2, -0.15) is 0 Å². The molecule has 144 valence electrons. The van der Waals surface area contributed by atoms with E-state index in [0.29, 0.717) is 26.1 Å². The molecule has 0 radical (unpaired) electrons. The van der Waals surface area contributed by atoms with Crippen LogP contribution in [-0.2, 0) is 11.2 Å². The summed E-state index contributed by atoms with van der Waals surface area (Å²) >= 11 is 0. The first kappa shape index (κ1) is 17.1. The molecule has 6 heteroatoms. The number of nitrogens with one attached hydrogen (secondary N) is 1. The van der Waals surface area contributed by atoms with Gasteiger partial charge in [-0.1, -0.05) is 18.2 Å². The lowest BCUT2D eigenvalue weighted by Crippen LogP contribution is -2.30. The van der Waals surface area contributed by atoms with Gasteiger partial charge in [0.05, 0.1) is 17.1 Å². The van der Waals surface area contributed by atoms with Gasteiger partial charge >= 0.3 is 0 Å². The average Bonchev–Trinajstić information content (AvgIpc) is 3.38. The summed E-state index contributed by atoms with van der Waals surface area (Å²) in [7, 11) is 0. The number of carbonyl (C=O) groups is 1. The van der Waals surface area contributed by atoms with Gasteiger partial charge in [0.15, 0.2) is 11.5 Å². The third-order valence-electron chi connectivity index (χ3n) is 5.54. The van der Waals surface area contributed by atoms with Gasteiger partial charge in [-0.15, -0.1) is 0 Å². The minimum Gasteiger partial charge on any atom is -0.486 e. The van der Waals surface area contributed by atoms with E-state index < -0.39 is 0 Å². The maximum Gasteiger partial charge on any atom is 0.223 e. The van der Waals surface area contributed by atoms with Gasteiger partial charge in [-0.25, -0.2) is 4.98 Å². The Morgan fingerprint density at radius 1 is 1.14 bits per heavy atom. The maximum atomic E-state index is 12.9. The number of H-pyrrole nitrogens is 1. The third-order valence-corrected chi connectivity index (χ3v) is 5.54. The second kappa shape index (κ2) is 7.19. The van der Waals surface area contributed by atoms with Crippen LogP contribution in [0.2, 0.25) is 0 Å². The molecule has 2 aliphatic rings. The Labute approximate surface area is 163 Å². The second-order valence-electron chi connectivity index (χ2n) is 7.35. The number of likely N-dealkylation sites (tertiary alicyclic amines) is 1. The van der Waals surface area contributed by atoms with E-state index in [4.69, 9.17) is 9.47 Å². The van der Waals surface area contributed by atoms with E-state index in [2.05, 4.69) is 16.0 Å². The van der Waals surface area contributed by atoms with Gasteiger partial charge in [-0.3, -0.25) is 4.79 Å². The van der Waals surface area contributed by atoms with Crippen molar-refractivity contribution in [1.29, 1.82) is 0 Å². The molecule has 6 nitrogen and oxygen atoms in total. The molecule has 1 fully saturated rings. The number of hydrogen-bond acceptors (Lipinski definition) is 4. The molecule has 0 saturated carbocycles. The molecule has 1 aromatic heterocycles. The van der Waals surface area contributed by atoms with E-state index >= 15 is 0 Å². The number of amides is 1. The highest BCUT2D eigenvalue weighted by Gasteiger charge is 2.30. The molecular weight excluding hydrogens is 354 g/mol. The summed E-state index contributed by atoms with van der Waals surface area (Å²) in [6, 6.07) is 14.1. The Morgan fingerprint density at radius 2 is 2.00 bits per heavy atom. The molecule has 0 spiro atoms. The lowest BCUT2D eigenvalue weighted by atomic mass is 10.0. The number of aromatic nitrogens is 2. The SMILES string of the molecule is O=C(CCc1nc2ccccc2[nH]1)N1CCCC1c1ccc2c(c1)OCCO2. The number of aromatic amines is 1. The van der Waals surface area contributed by atoms with E-state index in [0.717, 1.165) is 53.3 Å².